The number of rotatable bonds is 3. The van der Waals surface area contributed by atoms with Crippen molar-refractivity contribution >= 4 is 14.9 Å². The molecule has 0 aliphatic carbocycles. The maximum absolute atomic E-state index is 5.12. The molecule has 2 heteroatoms. The maximum Gasteiger partial charge on any atom is 0.250 e. The molecule has 0 saturated heterocycles. The zero-order valence-electron chi connectivity index (χ0n) is 5.79. The lowest BCUT2D eigenvalue weighted by Gasteiger charge is -1.97. The Balaban J connectivity index is 2.50. The van der Waals surface area contributed by atoms with Gasteiger partial charge < -0.3 is 4.43 Å². The van der Waals surface area contributed by atoms with E-state index in [1.54, 1.807) is 0 Å². The Labute approximate surface area is 63.3 Å². The molecule has 1 aromatic carbocycles. The lowest BCUT2D eigenvalue weighted by Crippen LogP contribution is -2.13. The highest BCUT2D eigenvalue weighted by Gasteiger charge is 1.88. The van der Waals surface area contributed by atoms with Crippen molar-refractivity contribution < 1.29 is 4.43 Å². The third-order valence-corrected chi connectivity index (χ3v) is 2.42. The van der Waals surface area contributed by atoms with Gasteiger partial charge in [-0.25, -0.2) is 0 Å². The summed E-state index contributed by atoms with van der Waals surface area (Å²) in [5.74, 6) is 0. The second-order valence-corrected chi connectivity index (χ2v) is 3.40. The summed E-state index contributed by atoms with van der Waals surface area (Å²) in [5.41, 5.74) is 0. The van der Waals surface area contributed by atoms with Gasteiger partial charge in [-0.1, -0.05) is 36.9 Å². The molecule has 0 atom stereocenters. The molecule has 0 radical (unpaired) electrons. The van der Waals surface area contributed by atoms with Gasteiger partial charge in [0.15, 0.2) is 0 Å². The average molecular weight is 150 g/mol. The third kappa shape index (κ3) is 2.07. The first-order valence-corrected chi connectivity index (χ1v) is 4.48. The summed E-state index contributed by atoms with van der Waals surface area (Å²) in [5, 5.41) is 1.31. The molecule has 1 rings (SSSR count). The molecule has 0 heterocycles. The first-order valence-electron chi connectivity index (χ1n) is 3.20. The molecular weight excluding hydrogens is 140 g/mol. The molecule has 0 spiro atoms. The molecule has 1 aromatic rings. The number of hydrogen-bond acceptors (Lipinski definition) is 1. The molecule has 1 nitrogen and oxygen atoms in total. The van der Waals surface area contributed by atoms with Gasteiger partial charge in [0, 0.05) is 0 Å². The van der Waals surface area contributed by atoms with Gasteiger partial charge in [0.2, 0.25) is 0 Å². The molecule has 0 aliphatic rings. The number of benzene rings is 1. The number of hydrogen-bond donors (Lipinski definition) is 0. The topological polar surface area (TPSA) is 9.23 Å². The molecule has 0 N–H and O–H groups in total. The summed E-state index contributed by atoms with van der Waals surface area (Å²) in [6.07, 6.45) is 1.51. The van der Waals surface area contributed by atoms with Crippen molar-refractivity contribution in [1.82, 2.24) is 0 Å². The Kier molecular flexibility index (Phi) is 2.77. The van der Waals surface area contributed by atoms with Gasteiger partial charge in [-0.05, 0) is 5.19 Å². The molecule has 10 heavy (non-hydrogen) atoms. The van der Waals surface area contributed by atoms with E-state index in [4.69, 9.17) is 4.43 Å². The quantitative estimate of drug-likeness (QED) is 0.452. The summed E-state index contributed by atoms with van der Waals surface area (Å²) in [6.45, 7) is 3.49. The van der Waals surface area contributed by atoms with Crippen LogP contribution in [0.5, 0.6) is 0 Å². The molecule has 0 bridgehead atoms. The Bertz CT molecular complexity index is 196. The summed E-state index contributed by atoms with van der Waals surface area (Å²) < 4.78 is 5.12. The second kappa shape index (κ2) is 3.90. The molecule has 0 aromatic heterocycles. The van der Waals surface area contributed by atoms with Gasteiger partial charge >= 0.3 is 0 Å². The van der Waals surface area contributed by atoms with E-state index >= 15 is 0 Å². The lowest BCUT2D eigenvalue weighted by atomic mass is 10.4. The SMILES string of the molecule is C=CO[SiH2]c1ccccc1. The highest BCUT2D eigenvalue weighted by molar-refractivity contribution is 6.47. The minimum atomic E-state index is -0.529. The van der Waals surface area contributed by atoms with Crippen molar-refractivity contribution in [3.05, 3.63) is 43.2 Å². The van der Waals surface area contributed by atoms with Crippen LogP contribution in [0.25, 0.3) is 0 Å². The minimum Gasteiger partial charge on any atom is -0.551 e. The highest BCUT2D eigenvalue weighted by atomic mass is 28.2. The van der Waals surface area contributed by atoms with Crippen LogP contribution in [0.1, 0.15) is 0 Å². The van der Waals surface area contributed by atoms with Crippen molar-refractivity contribution in [2.24, 2.45) is 0 Å². The predicted octanol–water partition coefficient (Wildman–Crippen LogP) is 0.556. The van der Waals surface area contributed by atoms with Gasteiger partial charge in [-0.3, -0.25) is 0 Å². The van der Waals surface area contributed by atoms with Gasteiger partial charge in [-0.2, -0.15) is 0 Å². The fraction of sp³-hybridized carbons (Fsp3) is 0. The highest BCUT2D eigenvalue weighted by Crippen LogP contribution is 1.81. The van der Waals surface area contributed by atoms with E-state index in [1.165, 1.54) is 11.4 Å². The molecule has 0 amide bonds. The van der Waals surface area contributed by atoms with Crippen LogP contribution in [-0.4, -0.2) is 9.76 Å². The standard InChI is InChI=1S/C8H10OSi/c1-2-9-10-8-6-4-3-5-7-8/h2-7H,1,10H2. The van der Waals surface area contributed by atoms with Crippen molar-refractivity contribution in [2.45, 2.75) is 0 Å². The monoisotopic (exact) mass is 150 g/mol. The van der Waals surface area contributed by atoms with Crippen LogP contribution in [-0.2, 0) is 4.43 Å². The van der Waals surface area contributed by atoms with E-state index in [2.05, 4.69) is 18.7 Å². The van der Waals surface area contributed by atoms with E-state index in [0.717, 1.165) is 0 Å². The Morgan fingerprint density at radius 2 is 2.00 bits per heavy atom. The first kappa shape index (κ1) is 7.09. The van der Waals surface area contributed by atoms with Crippen molar-refractivity contribution in [2.75, 3.05) is 0 Å². The normalized spacial score (nSPS) is 10.0. The minimum absolute atomic E-state index is 0.529. The molecule has 0 saturated carbocycles. The fourth-order valence-corrected chi connectivity index (χ4v) is 1.50. The first-order chi connectivity index (χ1) is 4.93. The van der Waals surface area contributed by atoms with E-state index < -0.39 is 9.76 Å². The Morgan fingerprint density at radius 3 is 2.60 bits per heavy atom. The summed E-state index contributed by atoms with van der Waals surface area (Å²) in [6, 6.07) is 10.2. The van der Waals surface area contributed by atoms with Crippen LogP contribution in [0.3, 0.4) is 0 Å². The molecule has 0 unspecified atom stereocenters. The van der Waals surface area contributed by atoms with Crippen molar-refractivity contribution in [3.8, 4) is 0 Å². The smallest absolute Gasteiger partial charge is 0.250 e. The van der Waals surface area contributed by atoms with Crippen LogP contribution >= 0.6 is 0 Å². The zero-order valence-corrected chi connectivity index (χ0v) is 7.20. The molecule has 52 valence electrons. The van der Waals surface area contributed by atoms with E-state index in [0.29, 0.717) is 0 Å². The predicted molar refractivity (Wildman–Crippen MR) is 45.9 cm³/mol. The zero-order chi connectivity index (χ0) is 7.23. The molecular formula is C8H10OSi. The Hall–Kier alpha value is -1.02. The lowest BCUT2D eigenvalue weighted by molar-refractivity contribution is 0.526. The van der Waals surface area contributed by atoms with Crippen molar-refractivity contribution in [1.29, 1.82) is 0 Å². The summed E-state index contributed by atoms with van der Waals surface area (Å²) in [4.78, 5) is 0. The second-order valence-electron chi connectivity index (χ2n) is 1.96. The van der Waals surface area contributed by atoms with Gasteiger partial charge in [0.25, 0.3) is 9.76 Å². The van der Waals surface area contributed by atoms with E-state index in [1.807, 2.05) is 18.2 Å². The van der Waals surface area contributed by atoms with Crippen LogP contribution in [0.15, 0.2) is 43.2 Å². The summed E-state index contributed by atoms with van der Waals surface area (Å²) in [7, 11) is -0.529. The maximum atomic E-state index is 5.12. The van der Waals surface area contributed by atoms with Gasteiger partial charge in [0.1, 0.15) is 0 Å². The molecule has 0 aliphatic heterocycles. The average Bonchev–Trinajstić information content (AvgIpc) is 2.03. The van der Waals surface area contributed by atoms with E-state index in [9.17, 15) is 0 Å². The van der Waals surface area contributed by atoms with Crippen LogP contribution in [0.4, 0.5) is 0 Å². The van der Waals surface area contributed by atoms with Crippen LogP contribution in [0, 0.1) is 0 Å². The molecule has 0 fully saturated rings. The third-order valence-electron chi connectivity index (χ3n) is 1.21. The van der Waals surface area contributed by atoms with Crippen molar-refractivity contribution in [3.63, 3.8) is 0 Å². The Morgan fingerprint density at radius 1 is 1.30 bits per heavy atom. The van der Waals surface area contributed by atoms with Crippen LogP contribution < -0.4 is 5.19 Å². The summed E-state index contributed by atoms with van der Waals surface area (Å²) >= 11 is 0. The largest absolute Gasteiger partial charge is 0.551 e. The van der Waals surface area contributed by atoms with Gasteiger partial charge in [-0.15, -0.1) is 0 Å². The van der Waals surface area contributed by atoms with Gasteiger partial charge in [0.05, 0.1) is 6.26 Å². The van der Waals surface area contributed by atoms with E-state index in [-0.39, 0.29) is 0 Å². The van der Waals surface area contributed by atoms with Crippen LogP contribution in [0.2, 0.25) is 0 Å². The fourth-order valence-electron chi connectivity index (χ4n) is 0.729.